The van der Waals surface area contributed by atoms with Crippen LogP contribution in [-0.4, -0.2) is 338 Å². The van der Waals surface area contributed by atoms with Crippen LogP contribution in [0.2, 0.25) is 0 Å². The van der Waals surface area contributed by atoms with E-state index in [1.165, 1.54) is 0 Å². The molecule has 1 unspecified atom stereocenters. The molecule has 0 aliphatic rings. The summed E-state index contributed by atoms with van der Waals surface area (Å²) in [5, 5.41) is 278. The maximum Gasteiger partial charge on any atom is 0.311 e. The van der Waals surface area contributed by atoms with Gasteiger partial charge in [0.2, 0.25) is 0 Å². The molecule has 0 aromatic rings. The predicted molar refractivity (Wildman–Crippen MR) is 320 cm³/mol. The van der Waals surface area contributed by atoms with Gasteiger partial charge in [0.15, 0.2) is 0 Å². The summed E-state index contributed by atoms with van der Waals surface area (Å²) in [6.07, 6.45) is -15.8. The molecule has 0 amide bonds. The van der Waals surface area contributed by atoms with Crippen molar-refractivity contribution in [2.75, 3.05) is 159 Å². The van der Waals surface area contributed by atoms with E-state index in [0.29, 0.717) is 0 Å². The van der Waals surface area contributed by atoms with Crippen LogP contribution in [0.1, 0.15) is 130 Å². The van der Waals surface area contributed by atoms with Crippen molar-refractivity contribution in [2.45, 2.75) is 158 Å². The van der Waals surface area contributed by atoms with E-state index in [2.05, 4.69) is 0 Å². The van der Waals surface area contributed by atoms with E-state index in [0.717, 1.165) is 20.8 Å². The number of aliphatic hydroxyl groups is 21. The Morgan fingerprint density at radius 3 is 0.648 bits per heavy atom. The van der Waals surface area contributed by atoms with Gasteiger partial charge in [-0.3, -0.25) is 19.2 Å². The molecule has 546 valence electrons. The van der Waals surface area contributed by atoms with E-state index >= 15 is 4.79 Å². The third kappa shape index (κ3) is 23.0. The Morgan fingerprint density at radius 1 is 0.264 bits per heavy atom. The van der Waals surface area contributed by atoms with Gasteiger partial charge in [-0.1, -0.05) is 0 Å². The first-order chi connectivity index (χ1) is 43.1. The molecule has 1 atom stereocenters. The molecule has 0 aliphatic carbocycles. The van der Waals surface area contributed by atoms with Gasteiger partial charge in [-0.05, 0) is 64.2 Å². The van der Waals surface area contributed by atoms with Crippen LogP contribution >= 0.6 is 0 Å². The normalized spacial score (nSPS) is 13.5. The minimum Gasteiger partial charge on any atom is -0.481 e. The minimum absolute atomic E-state index is 0.724. The third-order valence-electron chi connectivity index (χ3n) is 17.6. The zero-order valence-corrected chi connectivity index (χ0v) is 53.4. The molecular formula is C58H116O33. The molecule has 0 aliphatic heterocycles. The summed E-state index contributed by atoms with van der Waals surface area (Å²) in [5.74, 6) is -4.68. The van der Waals surface area contributed by atoms with Crippen molar-refractivity contribution < 1.29 is 166 Å². The SMILES string of the molecule is CC(=O)O.CC(=O)O.CC(=O)O.O=C(O)C(C(CCO)(CCO)C(CCO)(CCO)OCCO)(C(CCO)(CCO)C(CCO)(CCO)OCCO)C(CCO)(CCO)C(CC(O)(CCO)CCO)(OCCO)C(CCO)(CCO)C(CCO)(CCO)OCCO. The van der Waals surface area contributed by atoms with E-state index < -0.39 is 347 Å². The Morgan fingerprint density at radius 2 is 0.451 bits per heavy atom. The van der Waals surface area contributed by atoms with E-state index in [4.69, 9.17) is 48.7 Å². The summed E-state index contributed by atoms with van der Waals surface area (Å²) in [6, 6.07) is 0. The lowest BCUT2D eigenvalue weighted by atomic mass is 9.26. The minimum atomic E-state index is -3.67. The van der Waals surface area contributed by atoms with Gasteiger partial charge in [0.25, 0.3) is 17.9 Å². The number of carboxylic acids is 4. The number of ether oxygens (including phenoxy) is 4. The van der Waals surface area contributed by atoms with Crippen molar-refractivity contribution in [1.29, 1.82) is 0 Å². The first-order valence-electron chi connectivity index (χ1n) is 30.3. The van der Waals surface area contributed by atoms with Crippen molar-refractivity contribution in [3.05, 3.63) is 0 Å². The summed E-state index contributed by atoms with van der Waals surface area (Å²) in [4.78, 5) is 44.1. The molecule has 0 saturated heterocycles. The fraction of sp³-hybridized carbons (Fsp3) is 0.931. The maximum absolute atomic E-state index is 17.1. The number of hydrogen-bond donors (Lipinski definition) is 25. The Kier molecular flexibility index (Phi) is 51.2. The summed E-state index contributed by atoms with van der Waals surface area (Å²) in [7, 11) is 0. The highest BCUT2D eigenvalue weighted by Crippen LogP contribution is 2.81. The van der Waals surface area contributed by atoms with Crippen LogP contribution in [0.4, 0.5) is 0 Å². The molecule has 0 aromatic carbocycles. The molecule has 0 saturated carbocycles. The van der Waals surface area contributed by atoms with Crippen LogP contribution in [0.3, 0.4) is 0 Å². The molecule has 25 N–H and O–H groups in total. The quantitative estimate of drug-likeness (QED) is 0.0270. The smallest absolute Gasteiger partial charge is 0.311 e. The van der Waals surface area contributed by atoms with Gasteiger partial charge in [0.05, 0.1) is 86.3 Å². The fourth-order valence-electron chi connectivity index (χ4n) is 15.7. The highest BCUT2D eigenvalue weighted by Gasteiger charge is 2.88. The summed E-state index contributed by atoms with van der Waals surface area (Å²) < 4.78 is 27.3. The second-order valence-electron chi connectivity index (χ2n) is 22.0. The van der Waals surface area contributed by atoms with E-state index in [1.807, 2.05) is 0 Å². The number of carboxylic acid groups (broad SMARTS) is 4. The second kappa shape index (κ2) is 49.4. The molecule has 33 heteroatoms. The average molecular weight is 1340 g/mol. The molecule has 0 fully saturated rings. The molecule has 91 heavy (non-hydrogen) atoms. The van der Waals surface area contributed by atoms with Gasteiger partial charge in [-0.15, -0.1) is 0 Å². The molecule has 0 radical (unpaired) electrons. The van der Waals surface area contributed by atoms with Gasteiger partial charge in [-0.25, -0.2) is 0 Å². The summed E-state index contributed by atoms with van der Waals surface area (Å²) in [6.45, 7) is -21.0. The summed E-state index contributed by atoms with van der Waals surface area (Å²) >= 11 is 0. The number of aliphatic carboxylic acids is 4. The molecule has 0 rings (SSSR count). The van der Waals surface area contributed by atoms with Crippen LogP contribution in [0, 0.1) is 27.1 Å². The van der Waals surface area contributed by atoms with E-state index in [1.54, 1.807) is 0 Å². The highest BCUT2D eigenvalue weighted by molar-refractivity contribution is 5.80. The Bertz CT molecular complexity index is 1720. The van der Waals surface area contributed by atoms with E-state index in [-0.39, 0.29) is 0 Å². The first-order valence-corrected chi connectivity index (χ1v) is 30.3. The number of hydrogen-bond acceptors (Lipinski definition) is 29. The second-order valence-corrected chi connectivity index (χ2v) is 22.0. The number of aliphatic hydroxyl groups excluding tert-OH is 20. The van der Waals surface area contributed by atoms with Gasteiger partial charge in [-0.2, -0.15) is 0 Å². The molecular weight excluding hydrogens is 1220 g/mol. The lowest BCUT2D eigenvalue weighted by molar-refractivity contribution is -0.390. The monoisotopic (exact) mass is 1340 g/mol. The Hall–Kier alpha value is -3.12. The first kappa shape index (κ1) is 94.3. The standard InChI is InChI=1S/C52H104O27.3C2H4O2/c53-17-1-43(75,2-18-54)41-51(79-40-36-72,44(3-19-55,4-20-56)48(11-27-63,12-28-64)76-37-33-69)47(9-25-61,10-26-62)52(42(73)74,45(5-21-57,6-22-58)49(13-29-65,14-30-66)77-38-34-70)46(7-23-59,8-24-60)50(15-31-67,16-32-68)78-39-35-71;3*1-2(3)4/h53-72,75H,1-41H2,(H,73,74);3*1H3,(H,3,4). The zero-order chi connectivity index (χ0) is 71.1. The van der Waals surface area contributed by atoms with Gasteiger partial charge < -0.3 is 147 Å². The fourth-order valence-corrected chi connectivity index (χ4v) is 15.7. The van der Waals surface area contributed by atoms with Crippen LogP contribution in [0.15, 0.2) is 0 Å². The van der Waals surface area contributed by atoms with Crippen molar-refractivity contribution >= 4 is 23.9 Å². The number of rotatable bonds is 55. The summed E-state index contributed by atoms with van der Waals surface area (Å²) in [5.41, 5.74) is -29.1. The Labute approximate surface area is 532 Å². The highest BCUT2D eigenvalue weighted by atomic mass is 16.5. The molecule has 0 heterocycles. The maximum atomic E-state index is 17.1. The Balaban J connectivity index is -0.00000287. The zero-order valence-electron chi connectivity index (χ0n) is 53.4. The van der Waals surface area contributed by atoms with Crippen molar-refractivity contribution in [1.82, 2.24) is 0 Å². The average Bonchev–Trinajstić information content (AvgIpc) is 0.640. The predicted octanol–water partition coefficient (Wildman–Crippen LogP) is -5.49. The van der Waals surface area contributed by atoms with Crippen LogP contribution in [0.25, 0.3) is 0 Å². The van der Waals surface area contributed by atoms with Crippen molar-refractivity contribution in [3.8, 4) is 0 Å². The molecule has 0 bridgehead atoms. The van der Waals surface area contributed by atoms with Gasteiger partial charge in [0, 0.05) is 193 Å². The lowest BCUT2D eigenvalue weighted by Gasteiger charge is -2.78. The van der Waals surface area contributed by atoms with E-state index in [9.17, 15) is 112 Å². The van der Waals surface area contributed by atoms with Crippen LogP contribution < -0.4 is 0 Å². The largest absolute Gasteiger partial charge is 0.481 e. The van der Waals surface area contributed by atoms with Gasteiger partial charge >= 0.3 is 5.97 Å². The van der Waals surface area contributed by atoms with Gasteiger partial charge in [0.1, 0.15) is 0 Å². The lowest BCUT2D eigenvalue weighted by Crippen LogP contribution is -2.85. The topological polar surface area (TPSA) is 611 Å². The third-order valence-corrected chi connectivity index (χ3v) is 17.6. The van der Waals surface area contributed by atoms with Crippen LogP contribution in [-0.2, 0) is 38.1 Å². The number of carbonyl (C=O) groups is 4. The van der Waals surface area contributed by atoms with Crippen molar-refractivity contribution in [3.63, 3.8) is 0 Å². The van der Waals surface area contributed by atoms with Crippen LogP contribution in [0.5, 0.6) is 0 Å². The van der Waals surface area contributed by atoms with Crippen molar-refractivity contribution in [2.24, 2.45) is 27.1 Å². The molecule has 0 aromatic heterocycles. The molecule has 33 nitrogen and oxygen atoms in total. The molecule has 0 spiro atoms.